The van der Waals surface area contributed by atoms with Gasteiger partial charge in [0.1, 0.15) is 0 Å². The lowest BCUT2D eigenvalue weighted by Crippen LogP contribution is -2.22. The SMILES string of the molecule is Cc1cc2n(c(=O)n1)CCC2. The first kappa shape index (κ1) is 6.58. The maximum atomic E-state index is 11.2. The number of nitrogens with zero attached hydrogens (tertiary/aromatic N) is 2. The van der Waals surface area contributed by atoms with Crippen molar-refractivity contribution in [2.75, 3.05) is 0 Å². The summed E-state index contributed by atoms with van der Waals surface area (Å²) in [5, 5.41) is 0. The van der Waals surface area contributed by atoms with Crippen molar-refractivity contribution in [3.05, 3.63) is 27.9 Å². The number of rotatable bonds is 0. The van der Waals surface area contributed by atoms with E-state index in [9.17, 15) is 4.79 Å². The van der Waals surface area contributed by atoms with Gasteiger partial charge in [-0.2, -0.15) is 4.98 Å². The maximum Gasteiger partial charge on any atom is 0.347 e. The van der Waals surface area contributed by atoms with Gasteiger partial charge in [0.2, 0.25) is 0 Å². The third-order valence-electron chi connectivity index (χ3n) is 2.04. The van der Waals surface area contributed by atoms with Gasteiger partial charge in [-0.05, 0) is 25.8 Å². The van der Waals surface area contributed by atoms with Crippen molar-refractivity contribution in [2.24, 2.45) is 0 Å². The lowest BCUT2D eigenvalue weighted by molar-refractivity contribution is 0.693. The Bertz CT molecular complexity index is 340. The van der Waals surface area contributed by atoms with Crippen LogP contribution in [0, 0.1) is 6.92 Å². The van der Waals surface area contributed by atoms with Gasteiger partial charge in [-0.1, -0.05) is 0 Å². The highest BCUT2D eigenvalue weighted by atomic mass is 16.1. The molecule has 0 fully saturated rings. The highest BCUT2D eigenvalue weighted by Gasteiger charge is 2.11. The van der Waals surface area contributed by atoms with E-state index in [2.05, 4.69) is 4.98 Å². The topological polar surface area (TPSA) is 34.9 Å². The first-order valence-electron chi connectivity index (χ1n) is 3.85. The normalized spacial score (nSPS) is 15.0. The minimum atomic E-state index is -0.0856. The van der Waals surface area contributed by atoms with Gasteiger partial charge in [-0.25, -0.2) is 4.79 Å². The molecule has 0 aromatic carbocycles. The molecule has 2 heterocycles. The van der Waals surface area contributed by atoms with E-state index in [-0.39, 0.29) is 5.69 Å². The molecule has 58 valence electrons. The van der Waals surface area contributed by atoms with E-state index >= 15 is 0 Å². The zero-order valence-corrected chi connectivity index (χ0v) is 6.50. The number of aromatic nitrogens is 2. The molecule has 0 saturated heterocycles. The molecule has 0 unspecified atom stereocenters. The molecule has 1 aliphatic rings. The minimum absolute atomic E-state index is 0.0856. The van der Waals surface area contributed by atoms with Crippen molar-refractivity contribution in [1.29, 1.82) is 0 Å². The fourth-order valence-corrected chi connectivity index (χ4v) is 1.55. The van der Waals surface area contributed by atoms with Crippen molar-refractivity contribution in [3.63, 3.8) is 0 Å². The van der Waals surface area contributed by atoms with E-state index in [0.29, 0.717) is 0 Å². The molecular formula is C8H10N2O. The van der Waals surface area contributed by atoms with Crippen molar-refractivity contribution in [1.82, 2.24) is 9.55 Å². The van der Waals surface area contributed by atoms with E-state index in [1.165, 1.54) is 0 Å². The second-order valence-corrected chi connectivity index (χ2v) is 2.93. The largest absolute Gasteiger partial charge is 0.347 e. The van der Waals surface area contributed by atoms with Crippen LogP contribution in [0.3, 0.4) is 0 Å². The average molecular weight is 150 g/mol. The summed E-state index contributed by atoms with van der Waals surface area (Å²) in [7, 11) is 0. The van der Waals surface area contributed by atoms with Crippen molar-refractivity contribution in [3.8, 4) is 0 Å². The summed E-state index contributed by atoms with van der Waals surface area (Å²) in [5.74, 6) is 0. The zero-order valence-electron chi connectivity index (χ0n) is 6.50. The molecular weight excluding hydrogens is 140 g/mol. The number of hydrogen-bond donors (Lipinski definition) is 0. The molecule has 1 aromatic rings. The van der Waals surface area contributed by atoms with Crippen LogP contribution in [0.4, 0.5) is 0 Å². The molecule has 0 amide bonds. The third-order valence-corrected chi connectivity index (χ3v) is 2.04. The first-order valence-corrected chi connectivity index (χ1v) is 3.85. The summed E-state index contributed by atoms with van der Waals surface area (Å²) < 4.78 is 1.76. The maximum absolute atomic E-state index is 11.2. The van der Waals surface area contributed by atoms with Crippen LogP contribution < -0.4 is 5.69 Å². The number of hydrogen-bond acceptors (Lipinski definition) is 2. The summed E-state index contributed by atoms with van der Waals surface area (Å²) in [6, 6.07) is 1.99. The van der Waals surface area contributed by atoms with Crippen LogP contribution in [0.25, 0.3) is 0 Å². The van der Waals surface area contributed by atoms with Gasteiger partial charge >= 0.3 is 5.69 Å². The molecule has 1 aromatic heterocycles. The van der Waals surface area contributed by atoms with Crippen LogP contribution in [0.5, 0.6) is 0 Å². The van der Waals surface area contributed by atoms with Crippen LogP contribution in [0.1, 0.15) is 17.8 Å². The molecule has 0 spiro atoms. The molecule has 3 heteroatoms. The molecule has 3 nitrogen and oxygen atoms in total. The van der Waals surface area contributed by atoms with E-state index < -0.39 is 0 Å². The van der Waals surface area contributed by atoms with Crippen molar-refractivity contribution >= 4 is 0 Å². The number of fused-ring (bicyclic) bond motifs is 1. The van der Waals surface area contributed by atoms with Gasteiger partial charge < -0.3 is 0 Å². The lowest BCUT2D eigenvalue weighted by Gasteiger charge is -2.00. The molecule has 1 aliphatic heterocycles. The minimum Gasteiger partial charge on any atom is -0.296 e. The van der Waals surface area contributed by atoms with Gasteiger partial charge in [-0.15, -0.1) is 0 Å². The Labute approximate surface area is 64.7 Å². The van der Waals surface area contributed by atoms with Crippen LogP contribution in [0.2, 0.25) is 0 Å². The Balaban J connectivity index is 2.70. The fraction of sp³-hybridized carbons (Fsp3) is 0.500. The van der Waals surface area contributed by atoms with Crippen LogP contribution >= 0.6 is 0 Å². The van der Waals surface area contributed by atoms with Gasteiger partial charge in [0.15, 0.2) is 0 Å². The predicted octanol–water partition coefficient (Wildman–Crippen LogP) is 0.498. The Hall–Kier alpha value is -1.12. The van der Waals surface area contributed by atoms with Gasteiger partial charge in [0, 0.05) is 17.9 Å². The average Bonchev–Trinajstić information content (AvgIpc) is 2.34. The van der Waals surface area contributed by atoms with Gasteiger partial charge in [-0.3, -0.25) is 4.57 Å². The molecule has 2 rings (SSSR count). The summed E-state index contributed by atoms with van der Waals surface area (Å²) in [6.07, 6.45) is 2.11. The van der Waals surface area contributed by atoms with Gasteiger partial charge in [0.25, 0.3) is 0 Å². The van der Waals surface area contributed by atoms with E-state index in [4.69, 9.17) is 0 Å². The molecule has 0 N–H and O–H groups in total. The highest BCUT2D eigenvalue weighted by Crippen LogP contribution is 2.10. The third kappa shape index (κ3) is 0.964. The quantitative estimate of drug-likeness (QED) is 0.539. The monoisotopic (exact) mass is 150 g/mol. The number of aryl methyl sites for hydroxylation is 2. The van der Waals surface area contributed by atoms with Crippen LogP contribution in [0.15, 0.2) is 10.9 Å². The molecule has 0 atom stereocenters. The van der Waals surface area contributed by atoms with Crippen LogP contribution in [-0.4, -0.2) is 9.55 Å². The van der Waals surface area contributed by atoms with Gasteiger partial charge in [0.05, 0.1) is 0 Å². The Morgan fingerprint density at radius 3 is 3.27 bits per heavy atom. The lowest BCUT2D eigenvalue weighted by atomic mass is 10.3. The Kier molecular flexibility index (Phi) is 1.31. The Morgan fingerprint density at radius 1 is 1.64 bits per heavy atom. The molecule has 11 heavy (non-hydrogen) atoms. The summed E-state index contributed by atoms with van der Waals surface area (Å²) >= 11 is 0. The van der Waals surface area contributed by atoms with E-state index in [0.717, 1.165) is 30.8 Å². The second kappa shape index (κ2) is 2.19. The smallest absolute Gasteiger partial charge is 0.296 e. The molecule has 0 saturated carbocycles. The molecule has 0 aliphatic carbocycles. The van der Waals surface area contributed by atoms with Crippen LogP contribution in [-0.2, 0) is 13.0 Å². The first-order chi connectivity index (χ1) is 5.27. The van der Waals surface area contributed by atoms with E-state index in [1.54, 1.807) is 4.57 Å². The van der Waals surface area contributed by atoms with E-state index in [1.807, 2.05) is 13.0 Å². The standard InChI is InChI=1S/C8H10N2O/c1-6-5-7-3-2-4-10(7)8(11)9-6/h5H,2-4H2,1H3. The second-order valence-electron chi connectivity index (χ2n) is 2.93. The summed E-state index contributed by atoms with van der Waals surface area (Å²) in [6.45, 7) is 2.71. The molecule has 0 bridgehead atoms. The highest BCUT2D eigenvalue weighted by molar-refractivity contribution is 5.11. The Morgan fingerprint density at radius 2 is 2.45 bits per heavy atom. The summed E-state index contributed by atoms with van der Waals surface area (Å²) in [4.78, 5) is 15.0. The predicted molar refractivity (Wildman–Crippen MR) is 41.6 cm³/mol. The van der Waals surface area contributed by atoms with Crippen molar-refractivity contribution < 1.29 is 0 Å². The zero-order chi connectivity index (χ0) is 7.84. The van der Waals surface area contributed by atoms with Crippen molar-refractivity contribution in [2.45, 2.75) is 26.3 Å². The fourth-order valence-electron chi connectivity index (χ4n) is 1.55. The molecule has 0 radical (unpaired) electrons. The summed E-state index contributed by atoms with van der Waals surface area (Å²) in [5.41, 5.74) is 1.89.